The highest BCUT2D eigenvalue weighted by Gasteiger charge is 2.38. The summed E-state index contributed by atoms with van der Waals surface area (Å²) >= 11 is 0. The van der Waals surface area contributed by atoms with E-state index in [1.807, 2.05) is 45.0 Å². The second-order valence-corrected chi connectivity index (χ2v) is 8.93. The van der Waals surface area contributed by atoms with Crippen LogP contribution in [0.3, 0.4) is 0 Å². The van der Waals surface area contributed by atoms with Gasteiger partial charge >= 0.3 is 5.97 Å². The van der Waals surface area contributed by atoms with Gasteiger partial charge in [0, 0.05) is 24.2 Å². The van der Waals surface area contributed by atoms with Crippen molar-refractivity contribution >= 4 is 23.3 Å². The first kappa shape index (κ1) is 23.2. The molecule has 3 aromatic carbocycles. The number of carbonyl (C=O) groups is 2. The van der Waals surface area contributed by atoms with Crippen molar-refractivity contribution in [3.05, 3.63) is 71.3 Å². The molecule has 34 heavy (non-hydrogen) atoms. The van der Waals surface area contributed by atoms with Gasteiger partial charge in [0.15, 0.2) is 0 Å². The molecule has 4 rings (SSSR count). The molecule has 0 aliphatic carbocycles. The number of ether oxygens (including phenoxy) is 2. The fourth-order valence-corrected chi connectivity index (χ4v) is 4.24. The third-order valence-corrected chi connectivity index (χ3v) is 6.01. The number of rotatable bonds is 5. The van der Waals surface area contributed by atoms with Gasteiger partial charge in [0.05, 0.1) is 24.0 Å². The number of hydrogen-bond acceptors (Lipinski definition) is 6. The monoisotopic (exact) mass is 460 g/mol. The number of amides is 1. The summed E-state index contributed by atoms with van der Waals surface area (Å²) in [6.07, 6.45) is 0. The molecule has 0 unspecified atom stereocenters. The Hall–Kier alpha value is -4.00. The molecule has 0 saturated heterocycles. The van der Waals surface area contributed by atoms with Gasteiger partial charge in [-0.15, -0.1) is 0 Å². The van der Waals surface area contributed by atoms with Crippen LogP contribution in [0, 0.1) is 6.92 Å². The minimum Gasteiger partial charge on any atom is -0.508 e. The SMILES string of the molecule is COc1cc(O)ccc1-c1ccc2c(c1COC(=O)c1ccc(C)cc1)N(C)C(=O)C(C)(C)N2. The highest BCUT2D eigenvalue weighted by Crippen LogP contribution is 2.44. The Bertz CT molecular complexity index is 1260. The van der Waals surface area contributed by atoms with E-state index in [2.05, 4.69) is 5.32 Å². The van der Waals surface area contributed by atoms with Crippen molar-refractivity contribution in [2.24, 2.45) is 0 Å². The Balaban J connectivity index is 1.82. The molecule has 0 radical (unpaired) electrons. The quantitative estimate of drug-likeness (QED) is 0.527. The molecule has 7 nitrogen and oxygen atoms in total. The van der Waals surface area contributed by atoms with E-state index in [0.717, 1.165) is 16.8 Å². The summed E-state index contributed by atoms with van der Waals surface area (Å²) in [5, 5.41) is 13.2. The summed E-state index contributed by atoms with van der Waals surface area (Å²) in [4.78, 5) is 27.4. The fourth-order valence-electron chi connectivity index (χ4n) is 4.24. The lowest BCUT2D eigenvalue weighted by Crippen LogP contribution is -2.52. The number of nitrogens with zero attached hydrogens (tertiary/aromatic N) is 1. The molecule has 0 fully saturated rings. The molecule has 0 spiro atoms. The maximum Gasteiger partial charge on any atom is 0.338 e. The van der Waals surface area contributed by atoms with Gasteiger partial charge in [-0.3, -0.25) is 4.79 Å². The summed E-state index contributed by atoms with van der Waals surface area (Å²) < 4.78 is 11.2. The van der Waals surface area contributed by atoms with E-state index in [4.69, 9.17) is 9.47 Å². The molecule has 1 amide bonds. The Labute approximate surface area is 198 Å². The molecule has 7 heteroatoms. The van der Waals surface area contributed by atoms with Gasteiger partial charge in [-0.2, -0.15) is 0 Å². The van der Waals surface area contributed by atoms with Crippen LogP contribution in [0.2, 0.25) is 0 Å². The van der Waals surface area contributed by atoms with Crippen LogP contribution >= 0.6 is 0 Å². The van der Waals surface area contributed by atoms with Crippen LogP contribution in [0.4, 0.5) is 11.4 Å². The number of nitrogens with one attached hydrogen (secondary N) is 1. The lowest BCUT2D eigenvalue weighted by atomic mass is 9.91. The number of fused-ring (bicyclic) bond motifs is 1. The number of anilines is 2. The molecule has 0 bridgehead atoms. The predicted octanol–water partition coefficient (Wildman–Crippen LogP) is 4.90. The normalized spacial score (nSPS) is 14.3. The summed E-state index contributed by atoms with van der Waals surface area (Å²) in [5.41, 5.74) is 4.19. The minimum absolute atomic E-state index is 0.0605. The van der Waals surface area contributed by atoms with Gasteiger partial charge in [-0.1, -0.05) is 23.8 Å². The standard InChI is InChI=1S/C27H28N2O5/c1-16-6-8-17(9-7-16)25(31)34-15-21-19(20-11-10-18(30)14-23(20)33-5)12-13-22-24(21)29(4)26(32)27(2,3)28-22/h6-14,28,30H,15H2,1-5H3. The number of aromatic hydroxyl groups is 1. The summed E-state index contributed by atoms with van der Waals surface area (Å²) in [7, 11) is 3.24. The second kappa shape index (κ2) is 8.74. The number of aryl methyl sites for hydroxylation is 1. The van der Waals surface area contributed by atoms with E-state index in [1.165, 1.54) is 13.2 Å². The van der Waals surface area contributed by atoms with E-state index in [1.54, 1.807) is 36.2 Å². The van der Waals surface area contributed by atoms with E-state index in [-0.39, 0.29) is 18.3 Å². The van der Waals surface area contributed by atoms with Crippen molar-refractivity contribution < 1.29 is 24.2 Å². The Morgan fingerprint density at radius 2 is 1.74 bits per heavy atom. The van der Waals surface area contributed by atoms with Crippen molar-refractivity contribution in [2.75, 3.05) is 24.4 Å². The van der Waals surface area contributed by atoms with Gasteiger partial charge in [0.2, 0.25) is 0 Å². The van der Waals surface area contributed by atoms with E-state index >= 15 is 0 Å². The number of hydrogen-bond donors (Lipinski definition) is 2. The Morgan fingerprint density at radius 3 is 2.41 bits per heavy atom. The largest absolute Gasteiger partial charge is 0.508 e. The number of likely N-dealkylation sites (N-methyl/N-ethyl adjacent to an activating group) is 1. The smallest absolute Gasteiger partial charge is 0.338 e. The zero-order chi connectivity index (χ0) is 24.6. The van der Waals surface area contributed by atoms with Gasteiger partial charge < -0.3 is 24.8 Å². The zero-order valence-electron chi connectivity index (χ0n) is 19.9. The van der Waals surface area contributed by atoms with Crippen LogP contribution in [0.5, 0.6) is 11.5 Å². The van der Waals surface area contributed by atoms with Gasteiger partial charge in [-0.05, 0) is 56.7 Å². The Kier molecular flexibility index (Phi) is 5.96. The van der Waals surface area contributed by atoms with Gasteiger partial charge in [0.25, 0.3) is 5.91 Å². The zero-order valence-corrected chi connectivity index (χ0v) is 19.9. The first-order valence-corrected chi connectivity index (χ1v) is 11.0. The second-order valence-electron chi connectivity index (χ2n) is 8.93. The fraction of sp³-hybridized carbons (Fsp3) is 0.259. The number of methoxy groups -OCH3 is 1. The molecular formula is C27H28N2O5. The molecule has 0 atom stereocenters. The van der Waals surface area contributed by atoms with Gasteiger partial charge in [-0.25, -0.2) is 4.79 Å². The number of esters is 1. The summed E-state index contributed by atoms with van der Waals surface area (Å²) in [6, 6.07) is 15.8. The molecule has 0 aromatic heterocycles. The van der Waals surface area contributed by atoms with Crippen molar-refractivity contribution in [1.82, 2.24) is 0 Å². The molecular weight excluding hydrogens is 432 g/mol. The van der Waals surface area contributed by atoms with Crippen LogP contribution < -0.4 is 15.0 Å². The summed E-state index contributed by atoms with van der Waals surface area (Å²) in [5.74, 6) is -0.0361. The highest BCUT2D eigenvalue weighted by molar-refractivity contribution is 6.09. The van der Waals surface area contributed by atoms with Crippen LogP contribution in [0.1, 0.15) is 35.3 Å². The minimum atomic E-state index is -0.782. The maximum absolute atomic E-state index is 13.1. The average molecular weight is 461 g/mol. The van der Waals surface area contributed by atoms with Crippen molar-refractivity contribution in [3.63, 3.8) is 0 Å². The van der Waals surface area contributed by atoms with Crippen LogP contribution in [-0.4, -0.2) is 36.7 Å². The topological polar surface area (TPSA) is 88.1 Å². The molecule has 2 N–H and O–H groups in total. The number of benzene rings is 3. The van der Waals surface area contributed by atoms with Crippen LogP contribution in [0.25, 0.3) is 11.1 Å². The van der Waals surface area contributed by atoms with Crippen molar-refractivity contribution in [3.8, 4) is 22.6 Å². The van der Waals surface area contributed by atoms with Crippen LogP contribution in [0.15, 0.2) is 54.6 Å². The average Bonchev–Trinajstić information content (AvgIpc) is 2.81. The lowest BCUT2D eigenvalue weighted by Gasteiger charge is -2.39. The molecule has 1 aliphatic heterocycles. The number of phenols is 1. The van der Waals surface area contributed by atoms with Crippen molar-refractivity contribution in [2.45, 2.75) is 32.9 Å². The number of phenolic OH excluding ortho intramolecular Hbond substituents is 1. The first-order valence-electron chi connectivity index (χ1n) is 11.0. The third kappa shape index (κ3) is 4.17. The lowest BCUT2D eigenvalue weighted by molar-refractivity contribution is -0.121. The molecule has 3 aromatic rings. The third-order valence-electron chi connectivity index (χ3n) is 6.01. The number of carbonyl (C=O) groups excluding carboxylic acids is 2. The predicted molar refractivity (Wildman–Crippen MR) is 132 cm³/mol. The Morgan fingerprint density at radius 1 is 1.06 bits per heavy atom. The highest BCUT2D eigenvalue weighted by atomic mass is 16.5. The summed E-state index contributed by atoms with van der Waals surface area (Å²) in [6.45, 7) is 5.53. The van der Waals surface area contributed by atoms with E-state index < -0.39 is 11.5 Å². The first-order chi connectivity index (χ1) is 16.1. The van der Waals surface area contributed by atoms with Crippen molar-refractivity contribution in [1.29, 1.82) is 0 Å². The maximum atomic E-state index is 13.1. The molecule has 176 valence electrons. The molecule has 1 heterocycles. The van der Waals surface area contributed by atoms with Gasteiger partial charge in [0.1, 0.15) is 23.6 Å². The van der Waals surface area contributed by atoms with E-state index in [9.17, 15) is 14.7 Å². The van der Waals surface area contributed by atoms with E-state index in [0.29, 0.717) is 28.1 Å². The van der Waals surface area contributed by atoms with Crippen LogP contribution in [-0.2, 0) is 16.1 Å². The molecule has 1 aliphatic rings. The molecule has 0 saturated carbocycles.